The minimum absolute atomic E-state index is 0.347. The zero-order valence-electron chi connectivity index (χ0n) is 11.6. The van der Waals surface area contributed by atoms with Gasteiger partial charge in [-0.1, -0.05) is 37.3 Å². The van der Waals surface area contributed by atoms with Crippen LogP contribution in [0, 0.1) is 5.92 Å². The molecule has 4 N–H and O–H groups in total. The molecule has 3 rings (SSSR count). The molecule has 2 unspecified atom stereocenters. The molecule has 0 radical (unpaired) electrons. The van der Waals surface area contributed by atoms with Crippen LogP contribution in [0.3, 0.4) is 0 Å². The van der Waals surface area contributed by atoms with E-state index in [0.717, 1.165) is 19.6 Å². The van der Waals surface area contributed by atoms with Crippen LogP contribution < -0.4 is 11.1 Å². The maximum Gasteiger partial charge on any atom is 0.243 e. The maximum absolute atomic E-state index is 5.54. The van der Waals surface area contributed by atoms with Gasteiger partial charge < -0.3 is 11.1 Å². The largest absolute Gasteiger partial charge is 0.368 e. The molecule has 0 aliphatic carbocycles. The molecule has 0 bridgehead atoms. The molecule has 2 atom stereocenters. The average molecular weight is 272 g/mol. The van der Waals surface area contributed by atoms with Crippen LogP contribution >= 0.6 is 0 Å². The molecule has 2 aromatic rings. The number of nitrogens with zero attached hydrogens (tertiary/aromatic N) is 3. The Morgan fingerprint density at radius 3 is 2.85 bits per heavy atom. The van der Waals surface area contributed by atoms with Gasteiger partial charge in [0.05, 0.1) is 0 Å². The van der Waals surface area contributed by atoms with Crippen LogP contribution in [0.4, 0.5) is 11.9 Å². The predicted octanol–water partition coefficient (Wildman–Crippen LogP) is 1.32. The number of aromatic amines is 1. The first-order valence-electron chi connectivity index (χ1n) is 6.91. The normalized spacial score (nSPS) is 23.1. The zero-order chi connectivity index (χ0) is 13.9. The number of rotatable bonds is 4. The van der Waals surface area contributed by atoms with E-state index in [1.807, 2.05) is 6.07 Å². The van der Waals surface area contributed by atoms with Crippen molar-refractivity contribution in [2.45, 2.75) is 19.5 Å². The Bertz CT molecular complexity index is 552. The highest BCUT2D eigenvalue weighted by atomic mass is 15.3. The summed E-state index contributed by atoms with van der Waals surface area (Å²) < 4.78 is 0. The maximum atomic E-state index is 5.54. The third-order valence-corrected chi connectivity index (χ3v) is 3.75. The van der Waals surface area contributed by atoms with Crippen molar-refractivity contribution in [3.8, 4) is 0 Å². The lowest BCUT2D eigenvalue weighted by Crippen LogP contribution is -2.28. The van der Waals surface area contributed by atoms with Gasteiger partial charge in [-0.15, -0.1) is 5.10 Å². The van der Waals surface area contributed by atoms with Gasteiger partial charge >= 0.3 is 0 Å². The number of nitrogens with one attached hydrogen (secondary N) is 2. The van der Waals surface area contributed by atoms with Crippen molar-refractivity contribution >= 4 is 11.9 Å². The molecular formula is C14H20N6. The van der Waals surface area contributed by atoms with Crippen LogP contribution in [0.2, 0.25) is 0 Å². The molecule has 1 aromatic carbocycles. The van der Waals surface area contributed by atoms with Gasteiger partial charge in [0.2, 0.25) is 11.9 Å². The highest BCUT2D eigenvalue weighted by Gasteiger charge is 2.30. The number of benzene rings is 1. The molecule has 1 saturated heterocycles. The van der Waals surface area contributed by atoms with E-state index in [0.29, 0.717) is 23.9 Å². The van der Waals surface area contributed by atoms with Gasteiger partial charge in [0.25, 0.3) is 0 Å². The number of likely N-dealkylation sites (tertiary alicyclic amines) is 1. The smallest absolute Gasteiger partial charge is 0.243 e. The quantitative estimate of drug-likeness (QED) is 0.782. The fourth-order valence-electron chi connectivity index (χ4n) is 2.73. The summed E-state index contributed by atoms with van der Waals surface area (Å²) in [6, 6.07) is 10.9. The van der Waals surface area contributed by atoms with Crippen LogP contribution in [0.15, 0.2) is 30.3 Å². The highest BCUT2D eigenvalue weighted by molar-refractivity contribution is 5.31. The van der Waals surface area contributed by atoms with Crippen LogP contribution in [0.1, 0.15) is 12.5 Å². The molecule has 1 fully saturated rings. The molecule has 6 heteroatoms. The molecule has 1 aromatic heterocycles. The Hall–Kier alpha value is -2.08. The van der Waals surface area contributed by atoms with Gasteiger partial charge in [0, 0.05) is 25.7 Å². The first kappa shape index (κ1) is 12.9. The Labute approximate surface area is 118 Å². The average Bonchev–Trinajstić information content (AvgIpc) is 2.98. The summed E-state index contributed by atoms with van der Waals surface area (Å²) in [5.41, 5.74) is 6.89. The number of anilines is 2. The molecule has 1 aliphatic rings. The number of H-pyrrole nitrogens is 1. The monoisotopic (exact) mass is 272 g/mol. The second-order valence-corrected chi connectivity index (χ2v) is 5.45. The number of nitrogens with two attached hydrogens (primary N) is 1. The fourth-order valence-corrected chi connectivity index (χ4v) is 2.73. The summed E-state index contributed by atoms with van der Waals surface area (Å²) in [5.74, 6) is 1.48. The standard InChI is InChI=1S/C14H20N6/c1-10-7-20(8-11-5-3-2-4-6-11)9-12(10)16-14-17-13(15)18-19-14/h2-6,10,12H,7-9H2,1H3,(H4,15,16,17,18,19). The summed E-state index contributed by atoms with van der Waals surface area (Å²) in [6.45, 7) is 5.30. The van der Waals surface area contributed by atoms with Crippen molar-refractivity contribution in [1.29, 1.82) is 0 Å². The lowest BCUT2D eigenvalue weighted by Gasteiger charge is -2.16. The van der Waals surface area contributed by atoms with E-state index in [1.165, 1.54) is 5.56 Å². The van der Waals surface area contributed by atoms with E-state index in [-0.39, 0.29) is 0 Å². The molecule has 0 amide bonds. The van der Waals surface area contributed by atoms with Gasteiger partial charge in [-0.05, 0) is 11.5 Å². The summed E-state index contributed by atoms with van der Waals surface area (Å²) in [6.07, 6.45) is 0. The molecule has 106 valence electrons. The van der Waals surface area contributed by atoms with E-state index in [9.17, 15) is 0 Å². The highest BCUT2D eigenvalue weighted by Crippen LogP contribution is 2.21. The van der Waals surface area contributed by atoms with Crippen molar-refractivity contribution in [2.75, 3.05) is 24.1 Å². The van der Waals surface area contributed by atoms with Crippen LogP contribution in [-0.2, 0) is 6.54 Å². The summed E-state index contributed by atoms with van der Waals surface area (Å²) in [5, 5.41) is 10.0. The number of aromatic nitrogens is 3. The van der Waals surface area contributed by atoms with Gasteiger partial charge in [-0.3, -0.25) is 4.90 Å². The summed E-state index contributed by atoms with van der Waals surface area (Å²) >= 11 is 0. The molecule has 1 aliphatic heterocycles. The van der Waals surface area contributed by atoms with Gasteiger partial charge in [-0.25, -0.2) is 5.10 Å². The summed E-state index contributed by atoms with van der Waals surface area (Å²) in [7, 11) is 0. The van der Waals surface area contributed by atoms with Gasteiger partial charge in [0.15, 0.2) is 0 Å². The minimum atomic E-state index is 0.347. The van der Waals surface area contributed by atoms with Crippen molar-refractivity contribution in [1.82, 2.24) is 20.1 Å². The van der Waals surface area contributed by atoms with Crippen molar-refractivity contribution < 1.29 is 0 Å². The SMILES string of the molecule is CC1CN(Cc2ccccc2)CC1Nc1n[nH]c(N)n1. The Balaban J connectivity index is 1.59. The van der Waals surface area contributed by atoms with E-state index >= 15 is 0 Å². The number of hydrogen-bond donors (Lipinski definition) is 3. The molecular weight excluding hydrogens is 252 g/mol. The first-order chi connectivity index (χ1) is 9.70. The lowest BCUT2D eigenvalue weighted by atomic mass is 10.1. The fraction of sp³-hybridized carbons (Fsp3) is 0.429. The Kier molecular flexibility index (Phi) is 3.56. The molecule has 0 saturated carbocycles. The third-order valence-electron chi connectivity index (χ3n) is 3.75. The third kappa shape index (κ3) is 2.91. The van der Waals surface area contributed by atoms with Crippen LogP contribution in [-0.4, -0.2) is 39.2 Å². The van der Waals surface area contributed by atoms with E-state index < -0.39 is 0 Å². The number of hydrogen-bond acceptors (Lipinski definition) is 5. The topological polar surface area (TPSA) is 82.9 Å². The van der Waals surface area contributed by atoms with Gasteiger partial charge in [0.1, 0.15) is 0 Å². The second kappa shape index (κ2) is 5.50. The Morgan fingerprint density at radius 2 is 2.15 bits per heavy atom. The molecule has 20 heavy (non-hydrogen) atoms. The second-order valence-electron chi connectivity index (χ2n) is 5.45. The van der Waals surface area contributed by atoms with Crippen LogP contribution in [0.5, 0.6) is 0 Å². The zero-order valence-corrected chi connectivity index (χ0v) is 11.6. The lowest BCUT2D eigenvalue weighted by molar-refractivity contribution is 0.319. The minimum Gasteiger partial charge on any atom is -0.368 e. The van der Waals surface area contributed by atoms with Crippen LogP contribution in [0.25, 0.3) is 0 Å². The first-order valence-corrected chi connectivity index (χ1v) is 6.91. The van der Waals surface area contributed by atoms with E-state index in [2.05, 4.69) is 56.6 Å². The van der Waals surface area contributed by atoms with Crippen molar-refractivity contribution in [2.24, 2.45) is 5.92 Å². The molecule has 0 spiro atoms. The van der Waals surface area contributed by atoms with E-state index in [4.69, 9.17) is 5.73 Å². The van der Waals surface area contributed by atoms with Gasteiger partial charge in [-0.2, -0.15) is 4.98 Å². The number of nitrogen functional groups attached to an aromatic ring is 1. The molecule has 6 nitrogen and oxygen atoms in total. The van der Waals surface area contributed by atoms with E-state index in [1.54, 1.807) is 0 Å². The summed E-state index contributed by atoms with van der Waals surface area (Å²) in [4.78, 5) is 6.55. The Morgan fingerprint density at radius 1 is 1.35 bits per heavy atom. The predicted molar refractivity (Wildman–Crippen MR) is 79.1 cm³/mol. The molecule has 2 heterocycles. The van der Waals surface area contributed by atoms with Crippen molar-refractivity contribution in [3.63, 3.8) is 0 Å². The van der Waals surface area contributed by atoms with Crippen molar-refractivity contribution in [3.05, 3.63) is 35.9 Å².